The normalized spacial score (nSPS) is 11.0. The Hall–Kier alpha value is -2.00. The van der Waals surface area contributed by atoms with Gasteiger partial charge in [-0.25, -0.2) is 4.98 Å². The number of nitrogens with zero attached hydrogens (tertiary/aromatic N) is 3. The van der Waals surface area contributed by atoms with Crippen LogP contribution in [0, 0.1) is 6.92 Å². The third-order valence-corrected chi connectivity index (χ3v) is 3.90. The molecule has 0 fully saturated rings. The summed E-state index contributed by atoms with van der Waals surface area (Å²) < 4.78 is 2.05. The van der Waals surface area contributed by atoms with Gasteiger partial charge in [-0.2, -0.15) is 0 Å². The Labute approximate surface area is 129 Å². The molecule has 4 heteroatoms. The topological polar surface area (TPSA) is 20.5 Å². The highest BCUT2D eigenvalue weighted by molar-refractivity contribution is 6.17. The summed E-state index contributed by atoms with van der Waals surface area (Å²) in [5, 5.41) is 0. The predicted octanol–water partition coefficient (Wildman–Crippen LogP) is 4.54. The van der Waals surface area contributed by atoms with Gasteiger partial charge in [0.25, 0.3) is 0 Å². The van der Waals surface area contributed by atoms with Gasteiger partial charge in [-0.3, -0.25) is 0 Å². The van der Waals surface area contributed by atoms with Gasteiger partial charge in [-0.05, 0) is 38.1 Å². The summed E-state index contributed by atoms with van der Waals surface area (Å²) in [4.78, 5) is 6.96. The Bertz CT molecular complexity index is 746. The first-order valence-corrected chi connectivity index (χ1v) is 7.64. The lowest BCUT2D eigenvalue weighted by molar-refractivity contribution is 0.980. The number of pyridine rings is 1. The number of hydrogen-bond acceptors (Lipinski definition) is 2. The minimum Gasteiger partial charge on any atom is -0.325 e. The minimum absolute atomic E-state index is 0.433. The molecule has 0 aliphatic heterocycles. The minimum atomic E-state index is 0.433. The van der Waals surface area contributed by atoms with Crippen molar-refractivity contribution >= 4 is 28.8 Å². The molecular weight excluding hydrogens is 282 g/mol. The Morgan fingerprint density at radius 2 is 1.90 bits per heavy atom. The van der Waals surface area contributed by atoms with Crippen molar-refractivity contribution in [3.63, 3.8) is 0 Å². The van der Waals surface area contributed by atoms with Gasteiger partial charge in [0.15, 0.2) is 5.82 Å². The molecule has 0 N–H and O–H groups in total. The van der Waals surface area contributed by atoms with E-state index in [0.29, 0.717) is 5.88 Å². The molecule has 2 aromatic heterocycles. The van der Waals surface area contributed by atoms with Crippen LogP contribution in [0.2, 0.25) is 0 Å². The van der Waals surface area contributed by atoms with Gasteiger partial charge in [-0.15, -0.1) is 11.6 Å². The number of anilines is 2. The van der Waals surface area contributed by atoms with Crippen molar-refractivity contribution in [1.29, 1.82) is 0 Å². The molecule has 0 aliphatic carbocycles. The smallest absolute Gasteiger partial charge is 0.156 e. The van der Waals surface area contributed by atoms with Crippen molar-refractivity contribution in [1.82, 2.24) is 9.38 Å². The van der Waals surface area contributed by atoms with Crippen LogP contribution < -0.4 is 4.90 Å². The molecule has 0 spiro atoms. The summed E-state index contributed by atoms with van der Waals surface area (Å²) in [5.74, 6) is 1.37. The number of benzene rings is 1. The van der Waals surface area contributed by atoms with E-state index in [9.17, 15) is 0 Å². The van der Waals surface area contributed by atoms with E-state index in [4.69, 9.17) is 16.6 Å². The van der Waals surface area contributed by atoms with Gasteiger partial charge in [0.05, 0.1) is 11.6 Å². The molecule has 21 heavy (non-hydrogen) atoms. The van der Waals surface area contributed by atoms with E-state index in [-0.39, 0.29) is 0 Å². The van der Waals surface area contributed by atoms with Crippen LogP contribution in [0.15, 0.2) is 48.7 Å². The Morgan fingerprint density at radius 3 is 2.57 bits per heavy atom. The molecule has 0 saturated carbocycles. The van der Waals surface area contributed by atoms with Gasteiger partial charge in [0.1, 0.15) is 5.65 Å². The molecule has 0 amide bonds. The fourth-order valence-corrected chi connectivity index (χ4v) is 2.80. The van der Waals surface area contributed by atoms with E-state index in [0.717, 1.165) is 29.4 Å². The van der Waals surface area contributed by atoms with Gasteiger partial charge in [0, 0.05) is 18.4 Å². The van der Waals surface area contributed by atoms with Crippen molar-refractivity contribution in [2.75, 3.05) is 11.4 Å². The van der Waals surface area contributed by atoms with Crippen LogP contribution in [0.5, 0.6) is 0 Å². The van der Waals surface area contributed by atoms with Crippen molar-refractivity contribution < 1.29 is 0 Å². The van der Waals surface area contributed by atoms with E-state index in [1.807, 2.05) is 24.4 Å². The second-order valence-corrected chi connectivity index (χ2v) is 5.29. The molecule has 1 aromatic carbocycles. The predicted molar refractivity (Wildman–Crippen MR) is 88.6 cm³/mol. The number of hydrogen-bond donors (Lipinski definition) is 0. The third kappa shape index (κ3) is 2.49. The van der Waals surface area contributed by atoms with E-state index < -0.39 is 0 Å². The zero-order valence-corrected chi connectivity index (χ0v) is 13.0. The molecular formula is C17H18ClN3. The lowest BCUT2D eigenvalue weighted by Gasteiger charge is -2.22. The van der Waals surface area contributed by atoms with Crippen LogP contribution in [0.1, 0.15) is 18.2 Å². The molecule has 0 bridgehead atoms. The largest absolute Gasteiger partial charge is 0.325 e. The second-order valence-electron chi connectivity index (χ2n) is 5.02. The van der Waals surface area contributed by atoms with Crippen LogP contribution in [0.4, 0.5) is 11.5 Å². The van der Waals surface area contributed by atoms with Crippen LogP contribution in [-0.2, 0) is 5.88 Å². The first-order chi connectivity index (χ1) is 10.2. The number of rotatable bonds is 4. The average molecular weight is 300 g/mol. The summed E-state index contributed by atoms with van der Waals surface area (Å²) >= 11 is 6.18. The number of fused-ring (bicyclic) bond motifs is 1. The first-order valence-electron chi connectivity index (χ1n) is 7.10. The molecule has 0 unspecified atom stereocenters. The third-order valence-electron chi connectivity index (χ3n) is 3.65. The van der Waals surface area contributed by atoms with Crippen LogP contribution in [-0.4, -0.2) is 15.9 Å². The molecule has 0 atom stereocenters. The number of alkyl halides is 1. The molecule has 2 heterocycles. The van der Waals surface area contributed by atoms with Gasteiger partial charge < -0.3 is 9.30 Å². The van der Waals surface area contributed by atoms with E-state index in [1.54, 1.807) is 0 Å². The molecule has 3 aromatic rings. The molecule has 3 nitrogen and oxygen atoms in total. The summed E-state index contributed by atoms with van der Waals surface area (Å²) in [6.45, 7) is 5.06. The maximum Gasteiger partial charge on any atom is 0.156 e. The molecule has 0 aliphatic rings. The summed E-state index contributed by atoms with van der Waals surface area (Å²) in [6, 6.07) is 14.5. The van der Waals surface area contributed by atoms with Gasteiger partial charge >= 0.3 is 0 Å². The Balaban J connectivity index is 2.14. The fourth-order valence-electron chi connectivity index (χ4n) is 2.55. The van der Waals surface area contributed by atoms with Crippen molar-refractivity contribution in [2.24, 2.45) is 0 Å². The highest BCUT2D eigenvalue weighted by Gasteiger charge is 2.17. The number of aromatic nitrogens is 2. The highest BCUT2D eigenvalue weighted by Crippen LogP contribution is 2.29. The van der Waals surface area contributed by atoms with Crippen LogP contribution in [0.3, 0.4) is 0 Å². The molecule has 3 rings (SSSR count). The molecule has 0 radical (unpaired) electrons. The Kier molecular flexibility index (Phi) is 3.84. The summed E-state index contributed by atoms with van der Waals surface area (Å²) in [5.41, 5.74) is 4.34. The summed E-state index contributed by atoms with van der Waals surface area (Å²) in [7, 11) is 0. The van der Waals surface area contributed by atoms with Crippen molar-refractivity contribution in [2.45, 2.75) is 19.7 Å². The molecule has 108 valence electrons. The van der Waals surface area contributed by atoms with E-state index in [1.165, 1.54) is 5.56 Å². The Morgan fingerprint density at radius 1 is 1.14 bits per heavy atom. The monoisotopic (exact) mass is 299 g/mol. The van der Waals surface area contributed by atoms with Crippen molar-refractivity contribution in [3.05, 3.63) is 59.9 Å². The standard InChI is InChI=1S/C17H18ClN3/c1-3-20(14-9-7-13(2)8-10-14)17-15(12-18)21-11-5-4-6-16(21)19-17/h4-11H,3,12H2,1-2H3. The first kappa shape index (κ1) is 14.0. The second kappa shape index (κ2) is 5.78. The average Bonchev–Trinajstić information content (AvgIpc) is 2.88. The van der Waals surface area contributed by atoms with Gasteiger partial charge in [-0.1, -0.05) is 23.8 Å². The van der Waals surface area contributed by atoms with E-state index in [2.05, 4.69) is 47.4 Å². The highest BCUT2D eigenvalue weighted by atomic mass is 35.5. The zero-order valence-electron chi connectivity index (χ0n) is 12.3. The van der Waals surface area contributed by atoms with Crippen LogP contribution >= 0.6 is 11.6 Å². The maximum atomic E-state index is 6.18. The summed E-state index contributed by atoms with van der Waals surface area (Å²) in [6.07, 6.45) is 2.01. The fraction of sp³-hybridized carbons (Fsp3) is 0.235. The lowest BCUT2D eigenvalue weighted by atomic mass is 10.2. The lowest BCUT2D eigenvalue weighted by Crippen LogP contribution is -2.17. The van der Waals surface area contributed by atoms with Gasteiger partial charge in [0.2, 0.25) is 0 Å². The maximum absolute atomic E-state index is 6.18. The van der Waals surface area contributed by atoms with Crippen LogP contribution in [0.25, 0.3) is 5.65 Å². The SMILES string of the molecule is CCN(c1ccc(C)cc1)c1nc2ccccn2c1CCl. The van der Waals surface area contributed by atoms with Crippen molar-refractivity contribution in [3.8, 4) is 0 Å². The zero-order chi connectivity index (χ0) is 14.8. The van der Waals surface area contributed by atoms with E-state index >= 15 is 0 Å². The number of halogens is 1. The molecule has 0 saturated heterocycles. The number of imidazole rings is 1. The number of aryl methyl sites for hydroxylation is 1. The quantitative estimate of drug-likeness (QED) is 0.659.